The Bertz CT molecular complexity index is 588. The molecule has 5 heteroatoms. The van der Waals surface area contributed by atoms with Gasteiger partial charge in [0.25, 0.3) is 0 Å². The third kappa shape index (κ3) is 2.48. The highest BCUT2D eigenvalue weighted by atomic mass is 79.9. The Morgan fingerprint density at radius 1 is 1.00 bits per heavy atom. The molecule has 0 radical (unpaired) electrons. The first-order chi connectivity index (χ1) is 9.90. The van der Waals surface area contributed by atoms with E-state index in [9.17, 15) is 9.59 Å². The normalized spacial score (nSPS) is 32.5. The highest BCUT2D eigenvalue weighted by Gasteiger charge is 2.52. The maximum atomic E-state index is 12.7. The average molecular weight is 415 g/mol. The van der Waals surface area contributed by atoms with Gasteiger partial charge < -0.3 is 0 Å². The molecule has 3 rings (SSSR count). The molecule has 21 heavy (non-hydrogen) atoms. The van der Waals surface area contributed by atoms with Crippen LogP contribution in [0.3, 0.4) is 0 Å². The lowest BCUT2D eigenvalue weighted by Crippen LogP contribution is -2.34. The minimum absolute atomic E-state index is 0.0393. The van der Waals surface area contributed by atoms with E-state index in [1.165, 1.54) is 4.90 Å². The highest BCUT2D eigenvalue weighted by molar-refractivity contribution is 9.12. The number of halogens is 2. The Hall–Kier alpha value is -0.680. The van der Waals surface area contributed by atoms with Gasteiger partial charge in [-0.1, -0.05) is 44.0 Å². The molecule has 1 aromatic carbocycles. The van der Waals surface area contributed by atoms with E-state index in [1.807, 2.05) is 32.0 Å². The summed E-state index contributed by atoms with van der Waals surface area (Å²) in [7, 11) is 0. The number of alkyl halides is 2. The summed E-state index contributed by atoms with van der Waals surface area (Å²) in [4.78, 5) is 27.4. The smallest absolute Gasteiger partial charge is 0.237 e. The molecule has 3 nitrogen and oxygen atoms in total. The van der Waals surface area contributed by atoms with Gasteiger partial charge in [0.1, 0.15) is 0 Å². The molecule has 4 atom stereocenters. The molecule has 1 aliphatic carbocycles. The summed E-state index contributed by atoms with van der Waals surface area (Å²) in [5.74, 6) is -0.448. The van der Waals surface area contributed by atoms with Crippen LogP contribution < -0.4 is 4.90 Å². The largest absolute Gasteiger partial charge is 0.274 e. The summed E-state index contributed by atoms with van der Waals surface area (Å²) in [6.45, 7) is 3.92. The van der Waals surface area contributed by atoms with Crippen molar-refractivity contribution in [3.8, 4) is 0 Å². The fourth-order valence-corrected chi connectivity index (χ4v) is 4.53. The number of anilines is 1. The second-order valence-electron chi connectivity index (χ2n) is 6.02. The van der Waals surface area contributed by atoms with Crippen LogP contribution in [-0.4, -0.2) is 21.5 Å². The standard InChI is InChI=1S/C16H17Br2NO2/c1-8-3-4-9(2)14(5-8)19-15(20)10-6-12(17)13(18)7-11(10)16(19)21/h3-5,10-13H,6-7H2,1-2H3/t10-,11+,12+,13-. The van der Waals surface area contributed by atoms with E-state index >= 15 is 0 Å². The molecule has 0 bridgehead atoms. The van der Waals surface area contributed by atoms with Crippen molar-refractivity contribution in [1.82, 2.24) is 0 Å². The molecule has 0 aromatic heterocycles. The van der Waals surface area contributed by atoms with E-state index in [2.05, 4.69) is 31.9 Å². The molecular weight excluding hydrogens is 398 g/mol. The Morgan fingerprint density at radius 2 is 1.52 bits per heavy atom. The number of benzene rings is 1. The van der Waals surface area contributed by atoms with Crippen molar-refractivity contribution in [2.45, 2.75) is 36.3 Å². The molecule has 1 saturated carbocycles. The van der Waals surface area contributed by atoms with E-state index in [0.717, 1.165) is 16.8 Å². The van der Waals surface area contributed by atoms with Crippen LogP contribution >= 0.6 is 31.9 Å². The van der Waals surface area contributed by atoms with Crippen LogP contribution in [0.5, 0.6) is 0 Å². The van der Waals surface area contributed by atoms with E-state index in [0.29, 0.717) is 12.8 Å². The van der Waals surface area contributed by atoms with Gasteiger partial charge in [0, 0.05) is 9.65 Å². The second kappa shape index (κ2) is 5.51. The number of rotatable bonds is 1. The third-order valence-electron chi connectivity index (χ3n) is 4.52. The number of amides is 2. The molecule has 1 saturated heterocycles. The zero-order chi connectivity index (χ0) is 15.3. The molecule has 1 heterocycles. The maximum absolute atomic E-state index is 12.7. The predicted octanol–water partition coefficient (Wildman–Crippen LogP) is 3.73. The first-order valence-electron chi connectivity index (χ1n) is 7.13. The van der Waals surface area contributed by atoms with Crippen LogP contribution in [-0.2, 0) is 9.59 Å². The quantitative estimate of drug-likeness (QED) is 0.518. The summed E-state index contributed by atoms with van der Waals surface area (Å²) in [6, 6.07) is 5.90. The van der Waals surface area contributed by atoms with Crippen LogP contribution in [0.1, 0.15) is 24.0 Å². The number of fused-ring (bicyclic) bond motifs is 1. The van der Waals surface area contributed by atoms with Crippen molar-refractivity contribution >= 4 is 49.4 Å². The molecule has 1 aromatic rings. The lowest BCUT2D eigenvalue weighted by atomic mass is 9.81. The van der Waals surface area contributed by atoms with Gasteiger partial charge in [-0.3, -0.25) is 9.59 Å². The van der Waals surface area contributed by atoms with E-state index in [4.69, 9.17) is 0 Å². The summed E-state index contributed by atoms with van der Waals surface area (Å²) >= 11 is 7.22. The number of carbonyl (C=O) groups excluding carboxylic acids is 2. The fraction of sp³-hybridized carbons (Fsp3) is 0.500. The summed E-state index contributed by atoms with van der Waals surface area (Å²) in [5.41, 5.74) is 2.77. The first kappa shape index (κ1) is 15.2. The van der Waals surface area contributed by atoms with Crippen molar-refractivity contribution in [2.75, 3.05) is 4.90 Å². The van der Waals surface area contributed by atoms with Crippen LogP contribution in [0, 0.1) is 25.7 Å². The Kier molecular flexibility index (Phi) is 3.99. The molecule has 0 N–H and O–H groups in total. The first-order valence-corrected chi connectivity index (χ1v) is 8.96. The van der Waals surface area contributed by atoms with E-state index in [1.54, 1.807) is 0 Å². The monoisotopic (exact) mass is 413 g/mol. The van der Waals surface area contributed by atoms with Crippen molar-refractivity contribution in [1.29, 1.82) is 0 Å². The van der Waals surface area contributed by atoms with Crippen molar-refractivity contribution in [3.05, 3.63) is 29.3 Å². The minimum Gasteiger partial charge on any atom is -0.274 e. The Balaban J connectivity index is 2.00. The zero-order valence-electron chi connectivity index (χ0n) is 12.0. The predicted molar refractivity (Wildman–Crippen MR) is 90.1 cm³/mol. The molecule has 2 aliphatic rings. The molecule has 2 amide bonds. The molecule has 1 aliphatic heterocycles. The lowest BCUT2D eigenvalue weighted by molar-refractivity contribution is -0.122. The van der Waals surface area contributed by atoms with Gasteiger partial charge in [0.05, 0.1) is 17.5 Å². The Morgan fingerprint density at radius 3 is 2.05 bits per heavy atom. The maximum Gasteiger partial charge on any atom is 0.237 e. The van der Waals surface area contributed by atoms with Crippen LogP contribution in [0.25, 0.3) is 0 Å². The number of aryl methyl sites for hydroxylation is 2. The van der Waals surface area contributed by atoms with Gasteiger partial charge in [-0.2, -0.15) is 0 Å². The zero-order valence-corrected chi connectivity index (χ0v) is 15.1. The summed E-state index contributed by atoms with van der Waals surface area (Å²) in [5, 5.41) is 0. The second-order valence-corrected chi connectivity index (χ2v) is 8.37. The third-order valence-corrected chi connectivity index (χ3v) is 7.25. The van der Waals surface area contributed by atoms with Gasteiger partial charge in [-0.15, -0.1) is 0 Å². The molecule has 0 unspecified atom stereocenters. The van der Waals surface area contributed by atoms with E-state index < -0.39 is 0 Å². The van der Waals surface area contributed by atoms with Crippen molar-refractivity contribution in [2.24, 2.45) is 11.8 Å². The van der Waals surface area contributed by atoms with Crippen LogP contribution in [0.4, 0.5) is 5.69 Å². The van der Waals surface area contributed by atoms with Gasteiger partial charge in [0.2, 0.25) is 11.8 Å². The topological polar surface area (TPSA) is 37.4 Å². The summed E-state index contributed by atoms with van der Waals surface area (Å²) < 4.78 is 0. The van der Waals surface area contributed by atoms with Gasteiger partial charge >= 0.3 is 0 Å². The molecule has 112 valence electrons. The van der Waals surface area contributed by atoms with Crippen LogP contribution in [0.2, 0.25) is 0 Å². The number of hydrogen-bond donors (Lipinski definition) is 0. The average Bonchev–Trinajstić information content (AvgIpc) is 2.66. The summed E-state index contributed by atoms with van der Waals surface area (Å²) in [6.07, 6.45) is 1.43. The van der Waals surface area contributed by atoms with Crippen molar-refractivity contribution < 1.29 is 9.59 Å². The van der Waals surface area contributed by atoms with Gasteiger partial charge in [-0.25, -0.2) is 4.90 Å². The molecule has 0 spiro atoms. The minimum atomic E-state index is -0.185. The van der Waals surface area contributed by atoms with E-state index in [-0.39, 0.29) is 33.3 Å². The number of nitrogens with zero attached hydrogens (tertiary/aromatic N) is 1. The van der Waals surface area contributed by atoms with Gasteiger partial charge in [-0.05, 0) is 43.9 Å². The molecule has 2 fully saturated rings. The number of hydrogen-bond acceptors (Lipinski definition) is 2. The SMILES string of the molecule is Cc1ccc(C)c(N2C(=O)[C@H]3C[C@@H](Br)[C@@H](Br)C[C@H]3C2=O)c1. The van der Waals surface area contributed by atoms with Crippen molar-refractivity contribution in [3.63, 3.8) is 0 Å². The van der Waals surface area contributed by atoms with Gasteiger partial charge in [0.15, 0.2) is 0 Å². The van der Waals surface area contributed by atoms with Crippen LogP contribution in [0.15, 0.2) is 18.2 Å². The fourth-order valence-electron chi connectivity index (χ4n) is 3.29. The Labute approximate surface area is 141 Å². The highest BCUT2D eigenvalue weighted by Crippen LogP contribution is 2.44. The lowest BCUT2D eigenvalue weighted by Gasteiger charge is -2.29. The number of imide groups is 1. The molecular formula is C16H17Br2NO2. The number of carbonyl (C=O) groups is 2.